The number of alkyl halides is 9. The standard InChI is InChI=1S/C9H5F9N2.HNO3/c10-7(11,12)3-1-4(8(13,14)15)6(20-19)5(2-3)9(16,17)18;2-1(3)4/h1-2,20H,19H2;(H,2,3,4). The van der Waals surface area contributed by atoms with Crippen LogP contribution in [0.4, 0.5) is 45.2 Å². The Morgan fingerprint density at radius 3 is 1.38 bits per heavy atom. The molecule has 0 bridgehead atoms. The molecule has 0 heterocycles. The van der Waals surface area contributed by atoms with Crippen LogP contribution in [-0.4, -0.2) is 10.3 Å². The fourth-order valence-electron chi connectivity index (χ4n) is 1.41. The number of hydrogen-bond donors (Lipinski definition) is 3. The summed E-state index contributed by atoms with van der Waals surface area (Å²) in [6.07, 6.45) is -16.3. The van der Waals surface area contributed by atoms with E-state index in [2.05, 4.69) is 5.84 Å². The van der Waals surface area contributed by atoms with Gasteiger partial charge in [-0.25, -0.2) is 0 Å². The number of nitrogens with one attached hydrogen (secondary N) is 1. The molecule has 0 unspecified atom stereocenters. The highest BCUT2D eigenvalue weighted by Gasteiger charge is 2.44. The summed E-state index contributed by atoms with van der Waals surface area (Å²) in [7, 11) is 0. The number of nitrogens with two attached hydrogens (primary N) is 1. The van der Waals surface area contributed by atoms with Crippen LogP contribution in [0.1, 0.15) is 16.7 Å². The van der Waals surface area contributed by atoms with Crippen LogP contribution in [0, 0.1) is 10.1 Å². The second-order valence-corrected chi connectivity index (χ2v) is 3.82. The van der Waals surface area contributed by atoms with Gasteiger partial charge in [0.25, 0.3) is 5.09 Å². The Labute approximate surface area is 125 Å². The molecule has 15 heteroatoms. The van der Waals surface area contributed by atoms with E-state index in [1.54, 1.807) is 0 Å². The zero-order valence-corrected chi connectivity index (χ0v) is 10.8. The number of anilines is 1. The first-order valence-corrected chi connectivity index (χ1v) is 5.21. The van der Waals surface area contributed by atoms with Crippen LogP contribution in [-0.2, 0) is 18.5 Å². The first-order chi connectivity index (χ1) is 10.5. The van der Waals surface area contributed by atoms with Crippen molar-refractivity contribution in [2.24, 2.45) is 5.84 Å². The van der Waals surface area contributed by atoms with Crippen molar-refractivity contribution in [1.82, 2.24) is 0 Å². The van der Waals surface area contributed by atoms with Gasteiger partial charge in [-0.15, -0.1) is 10.1 Å². The normalized spacial score (nSPS) is 12.2. The van der Waals surface area contributed by atoms with E-state index in [9.17, 15) is 39.5 Å². The van der Waals surface area contributed by atoms with Crippen LogP contribution < -0.4 is 11.3 Å². The van der Waals surface area contributed by atoms with E-state index in [4.69, 9.17) is 15.3 Å². The van der Waals surface area contributed by atoms with E-state index < -0.39 is 58.1 Å². The largest absolute Gasteiger partial charge is 0.418 e. The molecule has 1 rings (SSSR count). The predicted octanol–water partition coefficient (Wildman–Crippen LogP) is 3.68. The van der Waals surface area contributed by atoms with Gasteiger partial charge in [-0.1, -0.05) is 0 Å². The molecule has 24 heavy (non-hydrogen) atoms. The molecule has 0 atom stereocenters. The van der Waals surface area contributed by atoms with Gasteiger partial charge in [0, 0.05) is 0 Å². The minimum absolute atomic E-state index is 0.440. The van der Waals surface area contributed by atoms with Gasteiger partial charge in [-0.3, -0.25) is 5.84 Å². The Hall–Kier alpha value is -2.45. The third-order valence-corrected chi connectivity index (χ3v) is 2.22. The van der Waals surface area contributed by atoms with Gasteiger partial charge in [0.15, 0.2) is 0 Å². The molecule has 0 spiro atoms. The zero-order chi connectivity index (χ0) is 19.5. The smallest absolute Gasteiger partial charge is 0.328 e. The molecular formula is C9H6F9N3O3. The van der Waals surface area contributed by atoms with Crippen LogP contribution >= 0.6 is 0 Å². The Balaban J connectivity index is 0.00000118. The van der Waals surface area contributed by atoms with Crippen LogP contribution in [0.15, 0.2) is 12.1 Å². The second kappa shape index (κ2) is 6.98. The minimum Gasteiger partial charge on any atom is -0.328 e. The Bertz CT molecular complexity index is 556. The predicted molar refractivity (Wildman–Crippen MR) is 58.0 cm³/mol. The summed E-state index contributed by atoms with van der Waals surface area (Å²) in [5.41, 5.74) is -6.89. The fraction of sp³-hybridized carbons (Fsp3) is 0.333. The molecule has 0 aliphatic carbocycles. The molecule has 138 valence electrons. The van der Waals surface area contributed by atoms with Gasteiger partial charge < -0.3 is 10.6 Å². The van der Waals surface area contributed by atoms with Crippen LogP contribution in [0.5, 0.6) is 0 Å². The molecule has 4 N–H and O–H groups in total. The molecule has 0 amide bonds. The quantitative estimate of drug-likeness (QED) is 0.301. The van der Waals surface area contributed by atoms with Crippen LogP contribution in [0.3, 0.4) is 0 Å². The Morgan fingerprint density at radius 1 is 0.917 bits per heavy atom. The van der Waals surface area contributed by atoms with Gasteiger partial charge >= 0.3 is 18.5 Å². The van der Waals surface area contributed by atoms with Crippen molar-refractivity contribution in [3.05, 3.63) is 38.9 Å². The third kappa shape index (κ3) is 5.98. The molecule has 1 aromatic rings. The molecule has 0 fully saturated rings. The molecular weight excluding hydrogens is 369 g/mol. The van der Waals surface area contributed by atoms with Crippen molar-refractivity contribution >= 4 is 5.69 Å². The highest BCUT2D eigenvalue weighted by atomic mass is 19.4. The minimum atomic E-state index is -5.44. The van der Waals surface area contributed by atoms with Gasteiger partial charge in [0.05, 0.1) is 22.4 Å². The number of rotatable bonds is 1. The molecule has 0 aromatic heterocycles. The lowest BCUT2D eigenvalue weighted by Crippen LogP contribution is -2.22. The van der Waals surface area contributed by atoms with Gasteiger partial charge in [0.1, 0.15) is 0 Å². The maximum atomic E-state index is 12.5. The lowest BCUT2D eigenvalue weighted by Gasteiger charge is -2.20. The first kappa shape index (κ1) is 21.5. The van der Waals surface area contributed by atoms with Crippen molar-refractivity contribution < 1.29 is 49.8 Å². The van der Waals surface area contributed by atoms with E-state index in [1.807, 2.05) is 0 Å². The first-order valence-electron chi connectivity index (χ1n) is 5.21. The average molecular weight is 375 g/mol. The second-order valence-electron chi connectivity index (χ2n) is 3.82. The molecule has 0 radical (unpaired) electrons. The van der Waals surface area contributed by atoms with Crippen molar-refractivity contribution in [3.8, 4) is 0 Å². The summed E-state index contributed by atoms with van der Waals surface area (Å²) in [5.74, 6) is 4.57. The van der Waals surface area contributed by atoms with E-state index in [-0.39, 0.29) is 0 Å². The third-order valence-electron chi connectivity index (χ3n) is 2.22. The molecule has 0 saturated heterocycles. The van der Waals surface area contributed by atoms with E-state index in [1.165, 1.54) is 0 Å². The van der Waals surface area contributed by atoms with Crippen LogP contribution in [0.25, 0.3) is 0 Å². The highest BCUT2D eigenvalue weighted by Crippen LogP contribution is 2.45. The molecule has 0 aliphatic rings. The Morgan fingerprint density at radius 2 is 1.21 bits per heavy atom. The molecule has 0 saturated carbocycles. The maximum Gasteiger partial charge on any atom is 0.418 e. The molecule has 0 aliphatic heterocycles. The SMILES string of the molecule is NNc1c(C(F)(F)F)cc(C(F)(F)F)cc1C(F)(F)F.O=[N+]([O-])O. The van der Waals surface area contributed by atoms with Gasteiger partial charge in [-0.05, 0) is 12.1 Å². The zero-order valence-electron chi connectivity index (χ0n) is 10.8. The van der Waals surface area contributed by atoms with Gasteiger partial charge in [-0.2, -0.15) is 39.5 Å². The summed E-state index contributed by atoms with van der Waals surface area (Å²) in [6.45, 7) is 0. The van der Waals surface area contributed by atoms with Crippen molar-refractivity contribution in [3.63, 3.8) is 0 Å². The lowest BCUT2D eigenvalue weighted by molar-refractivity contribution is -0.742. The van der Waals surface area contributed by atoms with Crippen molar-refractivity contribution in [2.75, 3.05) is 5.43 Å². The highest BCUT2D eigenvalue weighted by molar-refractivity contribution is 5.61. The summed E-state index contributed by atoms with van der Waals surface area (Å²) in [4.78, 5) is 8.36. The number of nitrogens with zero attached hydrogens (tertiary/aromatic N) is 1. The summed E-state index contributed by atoms with van der Waals surface area (Å²) in [6, 6.07) is -0.880. The summed E-state index contributed by atoms with van der Waals surface area (Å²) >= 11 is 0. The summed E-state index contributed by atoms with van der Waals surface area (Å²) in [5, 5.41) is 13.6. The Kier molecular flexibility index (Phi) is 6.27. The monoisotopic (exact) mass is 375 g/mol. The summed E-state index contributed by atoms with van der Waals surface area (Å²) < 4.78 is 112. The lowest BCUT2D eigenvalue weighted by atomic mass is 10.0. The van der Waals surface area contributed by atoms with E-state index in [0.29, 0.717) is 0 Å². The fourth-order valence-corrected chi connectivity index (χ4v) is 1.41. The van der Waals surface area contributed by atoms with E-state index >= 15 is 0 Å². The van der Waals surface area contributed by atoms with Crippen molar-refractivity contribution in [1.29, 1.82) is 0 Å². The topological polar surface area (TPSA) is 101 Å². The molecule has 6 nitrogen and oxygen atoms in total. The number of benzene rings is 1. The number of hydrogen-bond acceptors (Lipinski definition) is 4. The van der Waals surface area contributed by atoms with Gasteiger partial charge in [0.2, 0.25) is 0 Å². The van der Waals surface area contributed by atoms with Crippen molar-refractivity contribution in [2.45, 2.75) is 18.5 Å². The van der Waals surface area contributed by atoms with Crippen LogP contribution in [0.2, 0.25) is 0 Å². The molecule has 1 aromatic carbocycles. The number of hydrazine groups is 1. The average Bonchev–Trinajstić information content (AvgIpc) is 2.33. The maximum absolute atomic E-state index is 12.5. The number of halogens is 9. The number of nitrogen functional groups attached to an aromatic ring is 1. The van der Waals surface area contributed by atoms with E-state index in [0.717, 1.165) is 5.43 Å².